The van der Waals surface area contributed by atoms with Crippen LogP contribution in [0.1, 0.15) is 16.8 Å². The van der Waals surface area contributed by atoms with Crippen molar-refractivity contribution in [3.63, 3.8) is 0 Å². The number of aromatic nitrogens is 4. The summed E-state index contributed by atoms with van der Waals surface area (Å²) in [6, 6.07) is 20.2. The maximum atomic E-state index is 13.5. The van der Waals surface area contributed by atoms with E-state index in [9.17, 15) is 9.59 Å². The van der Waals surface area contributed by atoms with Crippen molar-refractivity contribution in [2.75, 3.05) is 0 Å². The van der Waals surface area contributed by atoms with Crippen LogP contribution in [0.2, 0.25) is 0 Å². The summed E-state index contributed by atoms with van der Waals surface area (Å²) in [4.78, 5) is 35.3. The van der Waals surface area contributed by atoms with E-state index in [2.05, 4.69) is 4.98 Å². The van der Waals surface area contributed by atoms with Crippen LogP contribution < -0.4 is 11.1 Å². The third-order valence-electron chi connectivity index (χ3n) is 5.54. The molecular weight excluding hydrogens is 420 g/mol. The SMILES string of the molecule is Cc1cccc(-n2c(SCc3cc(=O)n4ccccc4n3)nc3ccccc3c2=O)c1C. The Bertz CT molecular complexity index is 1600. The van der Waals surface area contributed by atoms with Gasteiger partial charge in [0.25, 0.3) is 11.1 Å². The smallest absolute Gasteiger partial charge is 0.266 e. The molecule has 0 unspecified atom stereocenters. The Morgan fingerprint density at radius 1 is 0.906 bits per heavy atom. The highest BCUT2D eigenvalue weighted by Gasteiger charge is 2.16. The maximum absolute atomic E-state index is 13.5. The molecule has 0 atom stereocenters. The van der Waals surface area contributed by atoms with E-state index in [1.54, 1.807) is 29.0 Å². The predicted molar refractivity (Wildman–Crippen MR) is 128 cm³/mol. The highest BCUT2D eigenvalue weighted by Crippen LogP contribution is 2.26. The van der Waals surface area contributed by atoms with Crippen molar-refractivity contribution in [2.45, 2.75) is 24.8 Å². The summed E-state index contributed by atoms with van der Waals surface area (Å²) in [6.45, 7) is 4.03. The van der Waals surface area contributed by atoms with E-state index in [1.807, 2.05) is 56.3 Å². The van der Waals surface area contributed by atoms with Crippen LogP contribution in [0.4, 0.5) is 0 Å². The lowest BCUT2D eigenvalue weighted by Crippen LogP contribution is -2.23. The monoisotopic (exact) mass is 440 g/mol. The predicted octanol–water partition coefficient (Wildman–Crippen LogP) is 4.30. The molecule has 0 aliphatic carbocycles. The van der Waals surface area contributed by atoms with Gasteiger partial charge >= 0.3 is 0 Å². The molecule has 0 amide bonds. The fourth-order valence-electron chi connectivity index (χ4n) is 3.71. The Labute approximate surface area is 188 Å². The molecular formula is C25H20N4O2S. The number of thioether (sulfide) groups is 1. The minimum atomic E-state index is -0.135. The van der Waals surface area contributed by atoms with Gasteiger partial charge in [0.15, 0.2) is 5.16 Å². The van der Waals surface area contributed by atoms with E-state index >= 15 is 0 Å². The van der Waals surface area contributed by atoms with Gasteiger partial charge in [-0.15, -0.1) is 0 Å². The van der Waals surface area contributed by atoms with E-state index < -0.39 is 0 Å². The molecule has 6 nitrogen and oxygen atoms in total. The van der Waals surface area contributed by atoms with Crippen LogP contribution in [0.3, 0.4) is 0 Å². The molecule has 0 saturated carbocycles. The third-order valence-corrected chi connectivity index (χ3v) is 6.51. The second kappa shape index (κ2) is 8.09. The molecule has 2 aromatic carbocycles. The Balaban J connectivity index is 1.64. The number of hydrogen-bond donors (Lipinski definition) is 0. The minimum absolute atomic E-state index is 0.113. The third kappa shape index (κ3) is 3.50. The quantitative estimate of drug-likeness (QED) is 0.308. The Kier molecular flexibility index (Phi) is 5.11. The van der Waals surface area contributed by atoms with Gasteiger partial charge in [-0.1, -0.05) is 42.1 Å². The van der Waals surface area contributed by atoms with Gasteiger partial charge in [0.05, 0.1) is 22.3 Å². The standard InChI is InChI=1S/C25H20N4O2S/c1-16-8-7-11-21(17(16)2)29-24(31)19-9-3-4-10-20(19)27-25(29)32-15-18-14-23(30)28-13-6-5-12-22(28)26-18/h3-14H,15H2,1-2H3. The van der Waals surface area contributed by atoms with Gasteiger partial charge in [0.1, 0.15) is 5.65 Å². The van der Waals surface area contributed by atoms with E-state index in [-0.39, 0.29) is 11.1 Å². The van der Waals surface area contributed by atoms with E-state index in [4.69, 9.17) is 4.98 Å². The summed E-state index contributed by atoms with van der Waals surface area (Å²) in [5, 5.41) is 1.14. The van der Waals surface area contributed by atoms with Crippen molar-refractivity contribution in [2.24, 2.45) is 0 Å². The summed E-state index contributed by atoms with van der Waals surface area (Å²) in [5.41, 5.74) is 4.56. The molecule has 0 spiro atoms. The second-order valence-corrected chi connectivity index (χ2v) is 8.52. The first kappa shape index (κ1) is 20.2. The molecule has 3 heterocycles. The molecule has 7 heteroatoms. The molecule has 32 heavy (non-hydrogen) atoms. The topological polar surface area (TPSA) is 69.3 Å². The van der Waals surface area contributed by atoms with E-state index in [1.165, 1.54) is 22.2 Å². The lowest BCUT2D eigenvalue weighted by atomic mass is 10.1. The molecule has 5 rings (SSSR count). The minimum Gasteiger partial charge on any atom is -0.269 e. The molecule has 0 bridgehead atoms. The van der Waals surface area contributed by atoms with Crippen LogP contribution in [0, 0.1) is 13.8 Å². The molecule has 0 aliphatic rings. The molecule has 0 fully saturated rings. The van der Waals surface area contributed by atoms with Crippen LogP contribution in [0.25, 0.3) is 22.2 Å². The average molecular weight is 441 g/mol. The molecule has 0 N–H and O–H groups in total. The highest BCUT2D eigenvalue weighted by atomic mass is 32.2. The Hall–Kier alpha value is -3.71. The van der Waals surface area contributed by atoms with Gasteiger partial charge in [0, 0.05) is 18.0 Å². The summed E-state index contributed by atoms with van der Waals surface area (Å²) in [7, 11) is 0. The molecule has 0 aliphatic heterocycles. The van der Waals surface area contributed by atoms with Gasteiger partial charge in [-0.2, -0.15) is 0 Å². The molecule has 158 valence electrons. The molecule has 3 aromatic heterocycles. The maximum Gasteiger partial charge on any atom is 0.266 e. The molecule has 5 aromatic rings. The van der Waals surface area contributed by atoms with Crippen molar-refractivity contribution in [1.82, 2.24) is 18.9 Å². The number of nitrogens with zero attached hydrogens (tertiary/aromatic N) is 4. The van der Waals surface area contributed by atoms with Crippen LogP contribution in [0.5, 0.6) is 0 Å². The number of hydrogen-bond acceptors (Lipinski definition) is 5. The number of rotatable bonds is 4. The largest absolute Gasteiger partial charge is 0.269 e. The van der Waals surface area contributed by atoms with Crippen LogP contribution in [-0.2, 0) is 5.75 Å². The van der Waals surface area contributed by atoms with Crippen LogP contribution in [-0.4, -0.2) is 18.9 Å². The number of benzene rings is 2. The first-order valence-electron chi connectivity index (χ1n) is 10.2. The fraction of sp³-hybridized carbons (Fsp3) is 0.120. The van der Waals surface area contributed by atoms with Crippen LogP contribution >= 0.6 is 11.8 Å². The lowest BCUT2D eigenvalue weighted by molar-refractivity contribution is 0.812. The number of para-hydroxylation sites is 1. The molecule has 0 radical (unpaired) electrons. The van der Waals surface area contributed by atoms with E-state index in [0.29, 0.717) is 33.2 Å². The Morgan fingerprint density at radius 3 is 2.59 bits per heavy atom. The van der Waals surface area contributed by atoms with Crippen molar-refractivity contribution in [3.8, 4) is 5.69 Å². The van der Waals surface area contributed by atoms with Gasteiger partial charge < -0.3 is 0 Å². The summed E-state index contributed by atoms with van der Waals surface area (Å²) in [5.74, 6) is 0.413. The van der Waals surface area contributed by atoms with Crippen LogP contribution in [0.15, 0.2) is 87.7 Å². The summed E-state index contributed by atoms with van der Waals surface area (Å²) >= 11 is 1.40. The van der Waals surface area contributed by atoms with Crippen molar-refractivity contribution in [3.05, 3.63) is 110 Å². The highest BCUT2D eigenvalue weighted by molar-refractivity contribution is 7.98. The fourth-order valence-corrected chi connectivity index (χ4v) is 4.61. The zero-order valence-electron chi connectivity index (χ0n) is 17.6. The second-order valence-electron chi connectivity index (χ2n) is 7.57. The van der Waals surface area contributed by atoms with E-state index in [0.717, 1.165) is 16.8 Å². The van der Waals surface area contributed by atoms with Gasteiger partial charge in [-0.05, 0) is 55.3 Å². The lowest BCUT2D eigenvalue weighted by Gasteiger charge is -2.16. The first-order chi connectivity index (χ1) is 15.5. The number of fused-ring (bicyclic) bond motifs is 2. The molecule has 0 saturated heterocycles. The zero-order valence-corrected chi connectivity index (χ0v) is 18.5. The first-order valence-corrected chi connectivity index (χ1v) is 11.2. The summed E-state index contributed by atoms with van der Waals surface area (Å²) < 4.78 is 3.18. The van der Waals surface area contributed by atoms with Gasteiger partial charge in [0.2, 0.25) is 0 Å². The normalized spacial score (nSPS) is 11.3. The number of aryl methyl sites for hydroxylation is 1. The van der Waals surface area contributed by atoms with Crippen molar-refractivity contribution < 1.29 is 0 Å². The van der Waals surface area contributed by atoms with Gasteiger partial charge in [-0.25, -0.2) is 9.97 Å². The zero-order chi connectivity index (χ0) is 22.2. The van der Waals surface area contributed by atoms with Gasteiger partial charge in [-0.3, -0.25) is 18.6 Å². The number of pyridine rings is 1. The van der Waals surface area contributed by atoms with Crippen molar-refractivity contribution in [1.29, 1.82) is 0 Å². The van der Waals surface area contributed by atoms with Crippen molar-refractivity contribution >= 4 is 28.3 Å². The average Bonchev–Trinajstić information content (AvgIpc) is 2.80. The Morgan fingerprint density at radius 2 is 1.72 bits per heavy atom. The summed E-state index contributed by atoms with van der Waals surface area (Å²) in [6.07, 6.45) is 1.70.